The van der Waals surface area contributed by atoms with Gasteiger partial charge in [0.05, 0.1) is 6.54 Å². The Bertz CT molecular complexity index is 319. The summed E-state index contributed by atoms with van der Waals surface area (Å²) in [7, 11) is 0. The van der Waals surface area contributed by atoms with Gasteiger partial charge >= 0.3 is 0 Å². The summed E-state index contributed by atoms with van der Waals surface area (Å²) in [4.78, 5) is 0. The van der Waals surface area contributed by atoms with Crippen LogP contribution in [0.5, 0.6) is 0 Å². The quantitative estimate of drug-likeness (QED) is 0.832. The molecule has 0 aromatic carbocycles. The molecule has 2 rings (SSSR count). The molecule has 0 radical (unpaired) electrons. The largest absolute Gasteiger partial charge is 0.465 e. The van der Waals surface area contributed by atoms with Crippen molar-refractivity contribution in [1.82, 2.24) is 5.32 Å². The summed E-state index contributed by atoms with van der Waals surface area (Å²) < 4.78 is 5.89. The molecule has 2 nitrogen and oxygen atoms in total. The van der Waals surface area contributed by atoms with E-state index < -0.39 is 0 Å². The monoisotopic (exact) mass is 211 g/mol. The van der Waals surface area contributed by atoms with Gasteiger partial charge in [0.25, 0.3) is 0 Å². The van der Waals surface area contributed by atoms with Crippen molar-refractivity contribution >= 4 is 11.8 Å². The van der Waals surface area contributed by atoms with E-state index >= 15 is 0 Å². The Morgan fingerprint density at radius 1 is 1.57 bits per heavy atom. The minimum Gasteiger partial charge on any atom is -0.465 e. The molecule has 0 saturated carbocycles. The fourth-order valence-electron chi connectivity index (χ4n) is 1.61. The summed E-state index contributed by atoms with van der Waals surface area (Å²) in [6, 6.07) is 4.68. The highest BCUT2D eigenvalue weighted by Crippen LogP contribution is 2.39. The molecule has 3 heteroatoms. The minimum atomic E-state index is 0.391. The van der Waals surface area contributed by atoms with E-state index in [0.717, 1.165) is 18.1 Å². The van der Waals surface area contributed by atoms with Crippen molar-refractivity contribution in [3.8, 4) is 0 Å². The maximum absolute atomic E-state index is 5.50. The zero-order valence-corrected chi connectivity index (χ0v) is 9.78. The molecular formula is C11H17NOS. The fraction of sp³-hybridized carbons (Fsp3) is 0.636. The summed E-state index contributed by atoms with van der Waals surface area (Å²) in [5.74, 6) is 3.24. The first-order valence-electron chi connectivity index (χ1n) is 5.00. The van der Waals surface area contributed by atoms with Crippen LogP contribution in [0.3, 0.4) is 0 Å². The molecule has 0 spiro atoms. The lowest BCUT2D eigenvalue weighted by atomic mass is 10.0. The van der Waals surface area contributed by atoms with E-state index in [-0.39, 0.29) is 0 Å². The first-order valence-corrected chi connectivity index (χ1v) is 5.99. The lowest BCUT2D eigenvalue weighted by Crippen LogP contribution is -2.54. The lowest BCUT2D eigenvalue weighted by molar-refractivity contribution is 0.396. The summed E-state index contributed by atoms with van der Waals surface area (Å²) in [5, 5.41) is 3.52. The maximum Gasteiger partial charge on any atom is 0.117 e. The summed E-state index contributed by atoms with van der Waals surface area (Å²) in [5.41, 5.74) is 0. The molecule has 1 unspecified atom stereocenters. The molecule has 78 valence electrons. The van der Waals surface area contributed by atoms with Crippen molar-refractivity contribution in [3.63, 3.8) is 0 Å². The topological polar surface area (TPSA) is 25.2 Å². The van der Waals surface area contributed by atoms with Gasteiger partial charge in [0, 0.05) is 16.5 Å². The average molecular weight is 211 g/mol. The first-order chi connectivity index (χ1) is 6.58. The Kier molecular flexibility index (Phi) is 2.62. The summed E-state index contributed by atoms with van der Waals surface area (Å²) >= 11 is 2.02. The van der Waals surface area contributed by atoms with E-state index in [1.807, 2.05) is 30.8 Å². The van der Waals surface area contributed by atoms with Crippen LogP contribution in [0.4, 0.5) is 0 Å². The van der Waals surface area contributed by atoms with Crippen LogP contribution < -0.4 is 5.32 Å². The third-order valence-corrected chi connectivity index (χ3v) is 4.31. The Labute approximate surface area is 89.4 Å². The second-order valence-electron chi connectivity index (χ2n) is 4.36. The van der Waals surface area contributed by atoms with Gasteiger partial charge in [-0.2, -0.15) is 11.8 Å². The molecule has 1 N–H and O–H groups in total. The summed E-state index contributed by atoms with van der Waals surface area (Å²) in [6.45, 7) is 7.40. The SMILES string of the molecule is Cc1ccc(CNC2CSC2(C)C)o1. The predicted molar refractivity (Wildman–Crippen MR) is 60.6 cm³/mol. The van der Waals surface area contributed by atoms with Gasteiger partial charge in [0.2, 0.25) is 0 Å². The molecule has 1 aromatic heterocycles. The Morgan fingerprint density at radius 2 is 2.36 bits per heavy atom. The van der Waals surface area contributed by atoms with Crippen molar-refractivity contribution in [1.29, 1.82) is 0 Å². The number of hydrogen-bond donors (Lipinski definition) is 1. The zero-order chi connectivity index (χ0) is 10.2. The minimum absolute atomic E-state index is 0.391. The number of nitrogens with one attached hydrogen (secondary N) is 1. The van der Waals surface area contributed by atoms with E-state index in [0.29, 0.717) is 10.8 Å². The van der Waals surface area contributed by atoms with Crippen LogP contribution in [0.1, 0.15) is 25.4 Å². The molecule has 1 fully saturated rings. The molecule has 1 atom stereocenters. The Hall–Kier alpha value is -0.410. The molecule has 0 amide bonds. The van der Waals surface area contributed by atoms with Gasteiger partial charge in [0.1, 0.15) is 11.5 Å². The number of thioether (sulfide) groups is 1. The highest BCUT2D eigenvalue weighted by molar-refractivity contribution is 8.02. The third-order valence-electron chi connectivity index (χ3n) is 2.78. The van der Waals surface area contributed by atoms with E-state index in [9.17, 15) is 0 Å². The zero-order valence-electron chi connectivity index (χ0n) is 8.96. The average Bonchev–Trinajstić information content (AvgIpc) is 2.50. The van der Waals surface area contributed by atoms with Crippen molar-refractivity contribution in [3.05, 3.63) is 23.7 Å². The number of hydrogen-bond acceptors (Lipinski definition) is 3. The van der Waals surface area contributed by atoms with E-state index in [1.54, 1.807) is 0 Å². The third kappa shape index (κ3) is 1.98. The second-order valence-corrected chi connectivity index (χ2v) is 6.03. The lowest BCUT2D eigenvalue weighted by Gasteiger charge is -2.44. The van der Waals surface area contributed by atoms with Gasteiger partial charge in [-0.15, -0.1) is 0 Å². The molecule has 0 aliphatic carbocycles. The van der Waals surface area contributed by atoms with Gasteiger partial charge < -0.3 is 9.73 Å². The van der Waals surface area contributed by atoms with Crippen molar-refractivity contribution in [2.75, 3.05) is 5.75 Å². The van der Waals surface area contributed by atoms with Crippen LogP contribution in [-0.2, 0) is 6.54 Å². The van der Waals surface area contributed by atoms with Crippen LogP contribution in [0.15, 0.2) is 16.5 Å². The molecule has 1 aliphatic rings. The van der Waals surface area contributed by atoms with Crippen molar-refractivity contribution < 1.29 is 4.42 Å². The summed E-state index contributed by atoms with van der Waals surface area (Å²) in [6.07, 6.45) is 0. The normalized spacial score (nSPS) is 24.6. The van der Waals surface area contributed by atoms with Crippen molar-refractivity contribution in [2.45, 2.75) is 38.1 Å². The predicted octanol–water partition coefficient (Wildman–Crippen LogP) is 2.57. The van der Waals surface area contributed by atoms with Gasteiger partial charge in [-0.05, 0) is 32.9 Å². The van der Waals surface area contributed by atoms with Gasteiger partial charge in [-0.25, -0.2) is 0 Å². The molecule has 2 heterocycles. The van der Waals surface area contributed by atoms with E-state index in [1.165, 1.54) is 5.75 Å². The van der Waals surface area contributed by atoms with Gasteiger partial charge in [-0.1, -0.05) is 0 Å². The number of aryl methyl sites for hydroxylation is 1. The molecule has 0 bridgehead atoms. The first kappa shape index (κ1) is 10.1. The van der Waals surface area contributed by atoms with Crippen LogP contribution >= 0.6 is 11.8 Å². The highest BCUT2D eigenvalue weighted by atomic mass is 32.2. The van der Waals surface area contributed by atoms with Crippen LogP contribution in [0.25, 0.3) is 0 Å². The van der Waals surface area contributed by atoms with Gasteiger partial charge in [0.15, 0.2) is 0 Å². The second kappa shape index (κ2) is 3.63. The highest BCUT2D eigenvalue weighted by Gasteiger charge is 2.38. The van der Waals surface area contributed by atoms with Crippen LogP contribution in [0.2, 0.25) is 0 Å². The number of rotatable bonds is 3. The molecule has 1 aromatic rings. The smallest absolute Gasteiger partial charge is 0.117 e. The van der Waals surface area contributed by atoms with Crippen molar-refractivity contribution in [2.24, 2.45) is 0 Å². The number of furan rings is 1. The standard InChI is InChI=1S/C11H17NOS/c1-8-4-5-9(13-8)6-12-10-7-14-11(10,2)3/h4-5,10,12H,6-7H2,1-3H3. The molecule has 1 saturated heterocycles. The maximum atomic E-state index is 5.50. The molecular weight excluding hydrogens is 194 g/mol. The van der Waals surface area contributed by atoms with Crippen LogP contribution in [0, 0.1) is 6.92 Å². The molecule has 14 heavy (non-hydrogen) atoms. The Balaban J connectivity index is 1.83. The van der Waals surface area contributed by atoms with Crippen LogP contribution in [-0.4, -0.2) is 16.5 Å². The van der Waals surface area contributed by atoms with E-state index in [2.05, 4.69) is 19.2 Å². The molecule has 1 aliphatic heterocycles. The van der Waals surface area contributed by atoms with E-state index in [4.69, 9.17) is 4.42 Å². The Morgan fingerprint density at radius 3 is 2.79 bits per heavy atom. The fourth-order valence-corrected chi connectivity index (χ4v) is 2.81. The van der Waals surface area contributed by atoms with Gasteiger partial charge in [-0.3, -0.25) is 0 Å².